The molecule has 4 aromatic rings. The molecular weight excluding hydrogens is 548 g/mol. The van der Waals surface area contributed by atoms with Gasteiger partial charge in [0, 0.05) is 18.4 Å². The summed E-state index contributed by atoms with van der Waals surface area (Å²) >= 11 is 0. The van der Waals surface area contributed by atoms with Crippen LogP contribution in [0.4, 0.5) is 5.69 Å². The standard InChI is InChI=1S/C30H30N2O10/c1-15-10-12-19(31-15)27(36)41-24-23(34)29(42-30(2,3)25(24)38-4)39-17-11-13-20-18(14-17)22(33)21(28(37)40-20)32-26(35)16-8-6-5-7-9-16/h5-14,23-25,29,31,33-34H,1-4H3,(H,32,35)/t23-,24-,25+,29-/m1/s1. The minimum Gasteiger partial charge on any atom is -0.505 e. The third-order valence-corrected chi connectivity index (χ3v) is 6.94. The Balaban J connectivity index is 1.42. The number of amides is 1. The monoisotopic (exact) mass is 578 g/mol. The number of hydrogen-bond donors (Lipinski definition) is 4. The second-order valence-electron chi connectivity index (χ2n) is 10.4. The molecule has 220 valence electrons. The molecule has 0 aliphatic carbocycles. The molecule has 5 rings (SSSR count). The Labute approximate surface area is 239 Å². The first-order valence-corrected chi connectivity index (χ1v) is 13.1. The Kier molecular flexibility index (Phi) is 7.78. The molecule has 3 heterocycles. The summed E-state index contributed by atoms with van der Waals surface area (Å²) < 4.78 is 28.5. The van der Waals surface area contributed by atoms with Gasteiger partial charge in [-0.15, -0.1) is 0 Å². The molecule has 12 heteroatoms. The first-order valence-electron chi connectivity index (χ1n) is 13.1. The van der Waals surface area contributed by atoms with Gasteiger partial charge in [-0.1, -0.05) is 18.2 Å². The summed E-state index contributed by atoms with van der Waals surface area (Å²) in [4.78, 5) is 40.9. The SMILES string of the molecule is CO[C@H]1[C@H](OC(=O)c2ccc(C)[nH]2)[C@@H](O)[C@H](Oc2ccc3oc(=O)c(NC(=O)c4ccccc4)c(O)c3c2)OC1(C)C. The molecule has 1 amide bonds. The Morgan fingerprint density at radius 2 is 1.81 bits per heavy atom. The number of methoxy groups -OCH3 is 1. The maximum atomic E-state index is 12.8. The van der Waals surface area contributed by atoms with Gasteiger partial charge in [0.2, 0.25) is 6.29 Å². The highest BCUT2D eigenvalue weighted by Gasteiger charge is 2.53. The van der Waals surface area contributed by atoms with E-state index in [1.807, 2.05) is 0 Å². The highest BCUT2D eigenvalue weighted by atomic mass is 16.7. The van der Waals surface area contributed by atoms with E-state index in [9.17, 15) is 24.6 Å². The van der Waals surface area contributed by atoms with Gasteiger partial charge in [-0.05, 0) is 63.2 Å². The molecule has 2 aromatic carbocycles. The lowest BCUT2D eigenvalue weighted by atomic mass is 9.89. The topological polar surface area (TPSA) is 170 Å². The zero-order chi connectivity index (χ0) is 30.2. The van der Waals surface area contributed by atoms with Crippen molar-refractivity contribution < 1.29 is 43.2 Å². The van der Waals surface area contributed by atoms with E-state index in [2.05, 4.69) is 10.3 Å². The summed E-state index contributed by atoms with van der Waals surface area (Å²) in [5.74, 6) is -1.73. The molecule has 0 radical (unpaired) electrons. The highest BCUT2D eigenvalue weighted by Crippen LogP contribution is 2.37. The van der Waals surface area contributed by atoms with Gasteiger partial charge in [-0.3, -0.25) is 4.79 Å². The molecule has 2 aromatic heterocycles. The zero-order valence-corrected chi connectivity index (χ0v) is 23.2. The van der Waals surface area contributed by atoms with Crippen molar-refractivity contribution in [3.05, 3.63) is 88.0 Å². The van der Waals surface area contributed by atoms with E-state index in [1.165, 1.54) is 25.3 Å². The van der Waals surface area contributed by atoms with Gasteiger partial charge in [0.1, 0.15) is 23.1 Å². The summed E-state index contributed by atoms with van der Waals surface area (Å²) in [5.41, 5.74) is -1.20. The molecule has 0 spiro atoms. The number of carbonyl (C=O) groups excluding carboxylic acids is 2. The normalized spacial score (nSPS) is 21.5. The van der Waals surface area contributed by atoms with Gasteiger partial charge in [-0.25, -0.2) is 9.59 Å². The van der Waals surface area contributed by atoms with Crippen molar-refractivity contribution in [3.8, 4) is 11.5 Å². The number of anilines is 1. The molecule has 1 aliphatic heterocycles. The van der Waals surface area contributed by atoms with Crippen molar-refractivity contribution in [1.29, 1.82) is 0 Å². The number of aliphatic hydroxyl groups excluding tert-OH is 1. The molecule has 42 heavy (non-hydrogen) atoms. The molecule has 4 atom stereocenters. The number of H-pyrrole nitrogens is 1. The maximum absolute atomic E-state index is 12.8. The van der Waals surface area contributed by atoms with Crippen LogP contribution in [0.3, 0.4) is 0 Å². The largest absolute Gasteiger partial charge is 0.505 e. The number of benzene rings is 2. The van der Waals surface area contributed by atoms with Crippen LogP contribution in [0.15, 0.2) is 69.9 Å². The summed E-state index contributed by atoms with van der Waals surface area (Å²) in [6.07, 6.45) is -4.84. The number of nitrogens with one attached hydrogen (secondary N) is 2. The minimum atomic E-state index is -1.48. The van der Waals surface area contributed by atoms with Crippen LogP contribution < -0.4 is 15.7 Å². The Morgan fingerprint density at radius 1 is 1.07 bits per heavy atom. The predicted molar refractivity (Wildman–Crippen MR) is 150 cm³/mol. The van der Waals surface area contributed by atoms with E-state index in [1.54, 1.807) is 63.2 Å². The summed E-state index contributed by atoms with van der Waals surface area (Å²) in [5, 5.41) is 24.6. The van der Waals surface area contributed by atoms with Gasteiger partial charge >= 0.3 is 11.6 Å². The molecule has 0 bridgehead atoms. The minimum absolute atomic E-state index is 0.0282. The second-order valence-corrected chi connectivity index (χ2v) is 10.4. The fraction of sp³-hybridized carbons (Fsp3) is 0.300. The Bertz CT molecular complexity index is 1680. The number of rotatable bonds is 7. The average Bonchev–Trinajstić information content (AvgIpc) is 3.40. The number of aliphatic hydroxyl groups is 1. The number of fused-ring (bicyclic) bond motifs is 1. The van der Waals surface area contributed by atoms with Gasteiger partial charge in [0.15, 0.2) is 23.6 Å². The molecule has 1 saturated heterocycles. The number of esters is 1. The Hall–Kier alpha value is -4.65. The van der Waals surface area contributed by atoms with Crippen LogP contribution in [-0.4, -0.2) is 64.4 Å². The highest BCUT2D eigenvalue weighted by molar-refractivity contribution is 6.06. The number of carbonyl (C=O) groups is 2. The van der Waals surface area contributed by atoms with Crippen LogP contribution in [0.25, 0.3) is 11.0 Å². The van der Waals surface area contributed by atoms with Crippen LogP contribution in [0, 0.1) is 6.92 Å². The van der Waals surface area contributed by atoms with E-state index in [0.717, 1.165) is 5.69 Å². The Morgan fingerprint density at radius 3 is 2.48 bits per heavy atom. The van der Waals surface area contributed by atoms with E-state index in [0.29, 0.717) is 0 Å². The second kappa shape index (κ2) is 11.3. The van der Waals surface area contributed by atoms with Crippen LogP contribution in [0.5, 0.6) is 11.5 Å². The number of aromatic hydroxyl groups is 1. The molecule has 1 fully saturated rings. The lowest BCUT2D eigenvalue weighted by molar-refractivity contribution is -0.305. The van der Waals surface area contributed by atoms with Crippen molar-refractivity contribution in [3.63, 3.8) is 0 Å². The first-order chi connectivity index (χ1) is 20.0. The van der Waals surface area contributed by atoms with E-state index < -0.39 is 59.1 Å². The number of ether oxygens (including phenoxy) is 4. The van der Waals surface area contributed by atoms with E-state index in [4.69, 9.17) is 23.4 Å². The van der Waals surface area contributed by atoms with E-state index >= 15 is 0 Å². The zero-order valence-electron chi connectivity index (χ0n) is 23.2. The molecular formula is C30H30N2O10. The van der Waals surface area contributed by atoms with Crippen LogP contribution in [0.2, 0.25) is 0 Å². The first kappa shape index (κ1) is 28.9. The molecule has 0 unspecified atom stereocenters. The fourth-order valence-electron chi connectivity index (χ4n) is 4.88. The third-order valence-electron chi connectivity index (χ3n) is 6.94. The lowest BCUT2D eigenvalue weighted by Crippen LogP contribution is -2.65. The van der Waals surface area contributed by atoms with E-state index in [-0.39, 0.29) is 28.0 Å². The lowest BCUT2D eigenvalue weighted by Gasteiger charge is -2.47. The van der Waals surface area contributed by atoms with Gasteiger partial charge in [0.05, 0.1) is 11.0 Å². The molecule has 4 N–H and O–H groups in total. The van der Waals surface area contributed by atoms with Gasteiger partial charge in [0.25, 0.3) is 5.91 Å². The van der Waals surface area contributed by atoms with Crippen molar-refractivity contribution >= 4 is 28.5 Å². The van der Waals surface area contributed by atoms with Gasteiger partial charge < -0.3 is 43.9 Å². The van der Waals surface area contributed by atoms with Crippen LogP contribution in [-0.2, 0) is 14.2 Å². The van der Waals surface area contributed by atoms with Crippen LogP contribution in [0.1, 0.15) is 40.4 Å². The molecule has 0 saturated carbocycles. The van der Waals surface area contributed by atoms with Crippen molar-refractivity contribution in [2.24, 2.45) is 0 Å². The van der Waals surface area contributed by atoms with Crippen LogP contribution >= 0.6 is 0 Å². The predicted octanol–water partition coefficient (Wildman–Crippen LogP) is 3.50. The van der Waals surface area contributed by atoms with Crippen molar-refractivity contribution in [1.82, 2.24) is 4.98 Å². The van der Waals surface area contributed by atoms with Crippen molar-refractivity contribution in [2.75, 3.05) is 12.4 Å². The quantitative estimate of drug-likeness (QED) is 0.188. The average molecular weight is 579 g/mol. The smallest absolute Gasteiger partial charge is 0.364 e. The maximum Gasteiger partial charge on any atom is 0.364 e. The summed E-state index contributed by atoms with van der Waals surface area (Å²) in [6.45, 7) is 5.19. The fourth-order valence-corrected chi connectivity index (χ4v) is 4.88. The summed E-state index contributed by atoms with van der Waals surface area (Å²) in [6, 6.07) is 15.6. The number of aryl methyl sites for hydroxylation is 1. The number of aromatic nitrogens is 1. The summed E-state index contributed by atoms with van der Waals surface area (Å²) in [7, 11) is 1.41. The van der Waals surface area contributed by atoms with Crippen molar-refractivity contribution in [2.45, 2.75) is 51.0 Å². The third kappa shape index (κ3) is 5.59. The number of aromatic amines is 1. The number of hydrogen-bond acceptors (Lipinski definition) is 10. The van der Waals surface area contributed by atoms with Gasteiger partial charge in [-0.2, -0.15) is 0 Å². The molecule has 12 nitrogen and oxygen atoms in total. The molecule has 1 aliphatic rings.